The number of para-hydroxylation sites is 1. The van der Waals surface area contributed by atoms with Crippen molar-refractivity contribution in [2.24, 2.45) is 4.99 Å². The van der Waals surface area contributed by atoms with E-state index in [0.29, 0.717) is 5.02 Å². The first-order valence-electron chi connectivity index (χ1n) is 9.84. The molecular formula is C24H23Cl2N3O2S. The Bertz CT molecular complexity index is 1080. The van der Waals surface area contributed by atoms with Crippen molar-refractivity contribution in [3.63, 3.8) is 0 Å². The predicted molar refractivity (Wildman–Crippen MR) is 136 cm³/mol. The van der Waals surface area contributed by atoms with Crippen LogP contribution < -0.4 is 9.64 Å². The van der Waals surface area contributed by atoms with Crippen LogP contribution in [0.2, 0.25) is 5.02 Å². The molecule has 3 aromatic rings. The van der Waals surface area contributed by atoms with Crippen molar-refractivity contribution in [3.05, 3.63) is 83.9 Å². The number of hydrogen-bond acceptors (Lipinski definition) is 4. The number of thioether (sulfide) groups is 1. The molecule has 3 aromatic carbocycles. The molecular weight excluding hydrogens is 465 g/mol. The maximum Gasteiger partial charge on any atom is 0.225 e. The number of halogens is 2. The van der Waals surface area contributed by atoms with Crippen LogP contribution in [0.3, 0.4) is 0 Å². The third-order valence-corrected chi connectivity index (χ3v) is 6.25. The Kier molecular flexibility index (Phi) is 8.07. The quantitative estimate of drug-likeness (QED) is 0.406. The van der Waals surface area contributed by atoms with Gasteiger partial charge in [-0.15, -0.1) is 12.4 Å². The Hall–Kier alpha value is -2.67. The summed E-state index contributed by atoms with van der Waals surface area (Å²) in [6, 6.07) is 24.6. The monoisotopic (exact) mass is 487 g/mol. The molecule has 1 aliphatic rings. The number of nitrogens with zero attached hydrogens (tertiary/aromatic N) is 3. The number of ether oxygens (including phenoxy) is 1. The van der Waals surface area contributed by atoms with Crippen LogP contribution in [0.5, 0.6) is 11.5 Å². The highest BCUT2D eigenvalue weighted by molar-refractivity contribution is 8.14. The highest BCUT2D eigenvalue weighted by Gasteiger charge is 2.34. The molecule has 4 rings (SSSR count). The first kappa shape index (κ1) is 24.0. The van der Waals surface area contributed by atoms with Gasteiger partial charge in [0.2, 0.25) is 5.91 Å². The molecule has 8 heteroatoms. The van der Waals surface area contributed by atoms with E-state index in [1.54, 1.807) is 35.7 Å². The normalized spacial score (nSPS) is 16.5. The molecule has 1 aliphatic heterocycles. The van der Waals surface area contributed by atoms with E-state index in [1.807, 2.05) is 78.7 Å². The lowest BCUT2D eigenvalue weighted by atomic mass is 10.2. The maximum absolute atomic E-state index is 12.4. The minimum absolute atomic E-state index is 0. The number of carbonyl (C=O) groups is 1. The summed E-state index contributed by atoms with van der Waals surface area (Å²) < 4.78 is 5.84. The van der Waals surface area contributed by atoms with E-state index >= 15 is 0 Å². The van der Waals surface area contributed by atoms with E-state index in [4.69, 9.17) is 21.3 Å². The number of carbonyl (C=O) groups excluding carboxylic acids is 1. The molecule has 5 nitrogen and oxygen atoms in total. The summed E-state index contributed by atoms with van der Waals surface area (Å²) in [5.41, 5.74) is 1.65. The van der Waals surface area contributed by atoms with Crippen LogP contribution in [0.15, 0.2) is 83.9 Å². The molecule has 0 spiro atoms. The van der Waals surface area contributed by atoms with Gasteiger partial charge in [-0.25, -0.2) is 4.99 Å². The topological polar surface area (TPSA) is 45.1 Å². The van der Waals surface area contributed by atoms with Crippen molar-refractivity contribution in [3.8, 4) is 11.5 Å². The van der Waals surface area contributed by atoms with Gasteiger partial charge in [0, 0.05) is 30.4 Å². The number of anilines is 1. The van der Waals surface area contributed by atoms with Crippen molar-refractivity contribution in [1.82, 2.24) is 4.90 Å². The highest BCUT2D eigenvalue weighted by Crippen LogP contribution is 2.32. The second kappa shape index (κ2) is 10.8. The Labute approximate surface area is 203 Å². The zero-order chi connectivity index (χ0) is 21.8. The third kappa shape index (κ3) is 5.57. The molecule has 1 saturated heterocycles. The van der Waals surface area contributed by atoms with Crippen LogP contribution in [0, 0.1) is 0 Å². The van der Waals surface area contributed by atoms with Gasteiger partial charge in [-0.1, -0.05) is 41.6 Å². The molecule has 32 heavy (non-hydrogen) atoms. The molecule has 1 atom stereocenters. The van der Waals surface area contributed by atoms with Crippen molar-refractivity contribution in [2.45, 2.75) is 13.1 Å². The Morgan fingerprint density at radius 3 is 2.28 bits per heavy atom. The molecule has 1 fully saturated rings. The first-order valence-corrected chi connectivity index (χ1v) is 11.2. The van der Waals surface area contributed by atoms with Gasteiger partial charge in [0.1, 0.15) is 17.7 Å². The number of hydrogen-bond donors (Lipinski definition) is 0. The van der Waals surface area contributed by atoms with Gasteiger partial charge >= 0.3 is 0 Å². The lowest BCUT2D eigenvalue weighted by molar-refractivity contribution is -0.117. The summed E-state index contributed by atoms with van der Waals surface area (Å²) in [7, 11) is 1.96. The van der Waals surface area contributed by atoms with Crippen molar-refractivity contribution >= 4 is 58.2 Å². The van der Waals surface area contributed by atoms with E-state index < -0.39 is 0 Å². The minimum Gasteiger partial charge on any atom is -0.457 e. The van der Waals surface area contributed by atoms with Gasteiger partial charge in [-0.05, 0) is 60.7 Å². The first-order chi connectivity index (χ1) is 15.0. The molecule has 0 saturated carbocycles. The summed E-state index contributed by atoms with van der Waals surface area (Å²) in [5.74, 6) is 2.25. The lowest BCUT2D eigenvalue weighted by Gasteiger charge is -2.32. The van der Waals surface area contributed by atoms with Gasteiger partial charge in [0.15, 0.2) is 5.17 Å². The number of benzene rings is 3. The van der Waals surface area contributed by atoms with Crippen molar-refractivity contribution in [1.29, 1.82) is 0 Å². The van der Waals surface area contributed by atoms with Gasteiger partial charge in [-0.3, -0.25) is 9.69 Å². The fourth-order valence-electron chi connectivity index (χ4n) is 3.34. The van der Waals surface area contributed by atoms with Gasteiger partial charge in [0.05, 0.1) is 5.69 Å². The number of amides is 1. The molecule has 0 aliphatic carbocycles. The summed E-state index contributed by atoms with van der Waals surface area (Å²) in [6.07, 6.45) is -0.122. The second-order valence-electron chi connectivity index (χ2n) is 7.07. The van der Waals surface area contributed by atoms with Crippen molar-refractivity contribution < 1.29 is 9.53 Å². The summed E-state index contributed by atoms with van der Waals surface area (Å²) in [6.45, 7) is 1.58. The smallest absolute Gasteiger partial charge is 0.225 e. The van der Waals surface area contributed by atoms with Gasteiger partial charge in [-0.2, -0.15) is 0 Å². The summed E-state index contributed by atoms with van der Waals surface area (Å²) in [5, 5.41) is 1.50. The van der Waals surface area contributed by atoms with E-state index in [1.165, 1.54) is 0 Å². The summed E-state index contributed by atoms with van der Waals surface area (Å²) in [4.78, 5) is 21.0. The Balaban J connectivity index is 0.00000289. The third-order valence-electron chi connectivity index (χ3n) is 4.89. The molecule has 0 aromatic heterocycles. The van der Waals surface area contributed by atoms with Gasteiger partial charge in [0.25, 0.3) is 0 Å². The zero-order valence-electron chi connectivity index (χ0n) is 17.6. The largest absolute Gasteiger partial charge is 0.457 e. The molecule has 1 amide bonds. The molecule has 1 unspecified atom stereocenters. The predicted octanol–water partition coefficient (Wildman–Crippen LogP) is 6.60. The van der Waals surface area contributed by atoms with Crippen LogP contribution in [0.25, 0.3) is 0 Å². The Morgan fingerprint density at radius 2 is 1.66 bits per heavy atom. The number of aliphatic imine (C=N–C) groups is 1. The fraction of sp³-hybridized carbons (Fsp3) is 0.167. The second-order valence-corrected chi connectivity index (χ2v) is 8.49. The highest BCUT2D eigenvalue weighted by atomic mass is 35.5. The van der Waals surface area contributed by atoms with E-state index in [0.717, 1.165) is 33.8 Å². The molecule has 0 N–H and O–H groups in total. The average Bonchev–Trinajstić information content (AvgIpc) is 3.11. The number of rotatable bonds is 5. The maximum atomic E-state index is 12.4. The van der Waals surface area contributed by atoms with Crippen molar-refractivity contribution in [2.75, 3.05) is 17.7 Å². The van der Waals surface area contributed by atoms with Crippen LogP contribution in [0.1, 0.15) is 6.92 Å². The standard InChI is InChI=1S/C24H22ClN3O2S.ClH/c1-17(29)28(20-12-8-18(25)9-13-20)23-16-31-24(27(23)2)26-19-10-14-22(15-11-19)30-21-6-4-3-5-7-21;/h3-15,23H,16H2,1-2H3;1H. The van der Waals surface area contributed by atoms with E-state index in [-0.39, 0.29) is 24.5 Å². The van der Waals surface area contributed by atoms with Crippen LogP contribution in [-0.4, -0.2) is 34.9 Å². The van der Waals surface area contributed by atoms with Crippen LogP contribution >= 0.6 is 35.8 Å². The lowest BCUT2D eigenvalue weighted by Crippen LogP contribution is -2.48. The van der Waals surface area contributed by atoms with E-state index in [2.05, 4.69) is 0 Å². The zero-order valence-corrected chi connectivity index (χ0v) is 20.0. The minimum atomic E-state index is -0.122. The SMILES string of the molecule is CC(=O)N(c1ccc(Cl)cc1)C1CSC(=Nc2ccc(Oc3ccccc3)cc2)N1C.Cl. The Morgan fingerprint density at radius 1 is 1.03 bits per heavy atom. The summed E-state index contributed by atoms with van der Waals surface area (Å²) >= 11 is 7.64. The molecule has 0 bridgehead atoms. The molecule has 166 valence electrons. The van der Waals surface area contributed by atoms with Crippen LogP contribution in [-0.2, 0) is 4.79 Å². The van der Waals surface area contributed by atoms with E-state index in [9.17, 15) is 4.79 Å². The molecule has 0 radical (unpaired) electrons. The molecule has 1 heterocycles. The fourth-order valence-corrected chi connectivity index (χ4v) is 4.63. The van der Waals surface area contributed by atoms with Crippen LogP contribution in [0.4, 0.5) is 11.4 Å². The average molecular weight is 488 g/mol. The number of amidine groups is 1. The van der Waals surface area contributed by atoms with Gasteiger partial charge < -0.3 is 9.64 Å².